The molecule has 4 N–H and O–H groups in total. The van der Waals surface area contributed by atoms with Crippen LogP contribution in [0.4, 0.5) is 14.5 Å². The van der Waals surface area contributed by atoms with Crippen LogP contribution in [-0.4, -0.2) is 38.1 Å². The summed E-state index contributed by atoms with van der Waals surface area (Å²) in [6.07, 6.45) is -2.37. The molecule has 4 rings (SSSR count). The minimum atomic E-state index is -1.16. The molecule has 0 aliphatic heterocycles. The van der Waals surface area contributed by atoms with Crippen molar-refractivity contribution in [3.8, 4) is 22.4 Å². The average molecular weight is 581 g/mol. The second kappa shape index (κ2) is 13.8. The van der Waals surface area contributed by atoms with E-state index < -0.39 is 24.6 Å². The molecule has 0 aliphatic rings. The molecule has 6 nitrogen and oxygen atoms in total. The lowest BCUT2D eigenvalue weighted by atomic mass is 10.00. The van der Waals surface area contributed by atoms with E-state index in [9.17, 15) is 23.8 Å². The Morgan fingerprint density at radius 3 is 2.02 bits per heavy atom. The largest absolute Gasteiger partial charge is 0.481 e. The van der Waals surface area contributed by atoms with Crippen molar-refractivity contribution in [2.45, 2.75) is 62.7 Å². The number of aliphatic hydroxyl groups is 2. The molecule has 0 amide bonds. The van der Waals surface area contributed by atoms with E-state index in [-0.39, 0.29) is 30.4 Å². The Morgan fingerprint density at radius 2 is 1.46 bits per heavy atom. The van der Waals surface area contributed by atoms with E-state index in [2.05, 4.69) is 23.1 Å². The number of carbonyl (C=O) groups is 1. The topological polar surface area (TPSA) is 94.7 Å². The summed E-state index contributed by atoms with van der Waals surface area (Å²) < 4.78 is 33.5. The maximum absolute atomic E-state index is 14.0. The molecule has 4 aromatic rings. The van der Waals surface area contributed by atoms with E-state index in [1.807, 2.05) is 30.3 Å². The zero-order valence-corrected chi connectivity index (χ0v) is 23.7. The smallest absolute Gasteiger partial charge is 0.305 e. The molecule has 0 saturated carbocycles. The number of anilines is 1. The fourth-order valence-corrected chi connectivity index (χ4v) is 6.05. The van der Waals surface area contributed by atoms with Crippen LogP contribution >= 0.6 is 11.9 Å². The molecular weight excluding hydrogens is 546 g/mol. The van der Waals surface area contributed by atoms with Gasteiger partial charge in [-0.3, -0.25) is 4.79 Å². The van der Waals surface area contributed by atoms with Gasteiger partial charge in [-0.1, -0.05) is 44.2 Å². The number of hydrogen-bond donors (Lipinski definition) is 4. The first-order valence-electron chi connectivity index (χ1n) is 13.5. The van der Waals surface area contributed by atoms with Crippen LogP contribution < -0.4 is 4.72 Å². The number of nitrogens with zero attached hydrogens (tertiary/aromatic N) is 1. The Morgan fingerprint density at radius 1 is 0.878 bits per heavy atom. The summed E-state index contributed by atoms with van der Waals surface area (Å²) >= 11 is 1.43. The van der Waals surface area contributed by atoms with Crippen LogP contribution in [0.2, 0.25) is 0 Å². The van der Waals surface area contributed by atoms with Crippen LogP contribution in [0.25, 0.3) is 22.4 Å². The maximum atomic E-state index is 14.0. The van der Waals surface area contributed by atoms with E-state index in [1.165, 1.54) is 36.2 Å². The number of nitrogens with one attached hydrogen (secondary N) is 1. The molecular formula is C32H34F2N2O4S. The third-order valence-electron chi connectivity index (χ3n) is 6.74. The van der Waals surface area contributed by atoms with Gasteiger partial charge in [0.05, 0.1) is 29.2 Å². The van der Waals surface area contributed by atoms with Crippen LogP contribution in [-0.2, 0) is 11.3 Å². The van der Waals surface area contributed by atoms with Gasteiger partial charge in [0, 0.05) is 23.5 Å². The molecule has 0 radical (unpaired) electrons. The summed E-state index contributed by atoms with van der Waals surface area (Å²) in [6.45, 7) is 4.48. The number of hydrogen-bond acceptors (Lipinski definition) is 5. The Labute approximate surface area is 242 Å². The summed E-state index contributed by atoms with van der Waals surface area (Å²) in [5.74, 6) is -1.84. The van der Waals surface area contributed by atoms with Crippen LogP contribution in [0.15, 0.2) is 83.8 Å². The van der Waals surface area contributed by atoms with Crippen molar-refractivity contribution in [2.24, 2.45) is 0 Å². The molecule has 2 atom stereocenters. The summed E-state index contributed by atoms with van der Waals surface area (Å²) in [7, 11) is 0. The molecule has 41 heavy (non-hydrogen) atoms. The van der Waals surface area contributed by atoms with Crippen molar-refractivity contribution in [3.63, 3.8) is 0 Å². The molecule has 0 bridgehead atoms. The van der Waals surface area contributed by atoms with Crippen LogP contribution in [0.3, 0.4) is 0 Å². The van der Waals surface area contributed by atoms with Gasteiger partial charge in [0.2, 0.25) is 0 Å². The second-order valence-electron chi connectivity index (χ2n) is 10.3. The quantitative estimate of drug-likeness (QED) is 0.124. The van der Waals surface area contributed by atoms with E-state index in [0.717, 1.165) is 38.7 Å². The van der Waals surface area contributed by atoms with Gasteiger partial charge >= 0.3 is 5.97 Å². The molecule has 9 heteroatoms. The highest BCUT2D eigenvalue weighted by Gasteiger charge is 2.28. The zero-order chi connectivity index (χ0) is 29.5. The molecule has 0 aliphatic carbocycles. The van der Waals surface area contributed by atoms with Gasteiger partial charge in [-0.15, -0.1) is 0 Å². The standard InChI is InChI=1S/C32H34F2N2O4S/c1-20(2)30-32(41-35-25-6-4-3-5-7-25)29(21-8-12-23(33)13-9-21)31(22-10-14-24(34)15-11-22)36(30)17-16-26(37)18-27(38)19-28(39)40/h3-15,20,26-27,35,37-38H,16-19H2,1-2H3,(H,39,40). The van der Waals surface area contributed by atoms with Crippen molar-refractivity contribution in [2.75, 3.05) is 4.72 Å². The molecule has 2 unspecified atom stereocenters. The summed E-state index contributed by atoms with van der Waals surface area (Å²) in [4.78, 5) is 11.9. The first-order chi connectivity index (χ1) is 19.6. The predicted octanol–water partition coefficient (Wildman–Crippen LogP) is 7.32. The number of aliphatic carboxylic acids is 1. The maximum Gasteiger partial charge on any atom is 0.305 e. The number of benzene rings is 3. The molecule has 216 valence electrons. The van der Waals surface area contributed by atoms with Crippen molar-refractivity contribution < 1.29 is 28.9 Å². The van der Waals surface area contributed by atoms with Crippen LogP contribution in [0.5, 0.6) is 0 Å². The number of carboxylic acid groups (broad SMARTS) is 1. The van der Waals surface area contributed by atoms with Crippen molar-refractivity contribution >= 4 is 23.6 Å². The molecule has 1 heterocycles. The van der Waals surface area contributed by atoms with Gasteiger partial charge in [0.25, 0.3) is 0 Å². The van der Waals surface area contributed by atoms with Gasteiger partial charge < -0.3 is 24.6 Å². The van der Waals surface area contributed by atoms with Crippen molar-refractivity contribution in [1.82, 2.24) is 4.57 Å². The fraction of sp³-hybridized carbons (Fsp3) is 0.281. The number of aromatic nitrogens is 1. The third-order valence-corrected chi connectivity index (χ3v) is 7.69. The summed E-state index contributed by atoms with van der Waals surface area (Å²) in [6, 6.07) is 22.1. The molecule has 1 aromatic heterocycles. The van der Waals surface area contributed by atoms with E-state index in [1.54, 1.807) is 24.3 Å². The van der Waals surface area contributed by atoms with Gasteiger partial charge in [-0.05, 0) is 90.4 Å². The highest BCUT2D eigenvalue weighted by molar-refractivity contribution is 8.00. The third kappa shape index (κ3) is 7.75. The van der Waals surface area contributed by atoms with E-state index >= 15 is 0 Å². The van der Waals surface area contributed by atoms with Gasteiger partial charge in [-0.2, -0.15) is 0 Å². The fourth-order valence-electron chi connectivity index (χ4n) is 4.93. The monoisotopic (exact) mass is 580 g/mol. The van der Waals surface area contributed by atoms with Crippen molar-refractivity contribution in [1.29, 1.82) is 0 Å². The van der Waals surface area contributed by atoms with E-state index in [4.69, 9.17) is 5.11 Å². The molecule has 0 saturated heterocycles. The normalized spacial score (nSPS) is 12.9. The lowest BCUT2D eigenvalue weighted by Gasteiger charge is -2.20. The zero-order valence-electron chi connectivity index (χ0n) is 22.9. The van der Waals surface area contributed by atoms with Crippen LogP contribution in [0.1, 0.15) is 44.7 Å². The second-order valence-corrected chi connectivity index (χ2v) is 11.1. The van der Waals surface area contributed by atoms with E-state index in [0.29, 0.717) is 6.54 Å². The summed E-state index contributed by atoms with van der Waals surface area (Å²) in [5, 5.41) is 29.8. The first kappa shape index (κ1) is 30.3. The lowest BCUT2D eigenvalue weighted by Crippen LogP contribution is -2.22. The van der Waals surface area contributed by atoms with Crippen LogP contribution in [0, 0.1) is 11.6 Å². The minimum absolute atomic E-state index is 0.0261. The number of para-hydroxylation sites is 1. The van der Waals surface area contributed by atoms with Gasteiger partial charge in [-0.25, -0.2) is 8.78 Å². The predicted molar refractivity (Wildman–Crippen MR) is 159 cm³/mol. The molecule has 3 aromatic carbocycles. The SMILES string of the molecule is CC(C)c1c(SNc2ccccc2)c(-c2ccc(F)cc2)c(-c2ccc(F)cc2)n1CCC(O)CC(O)CC(=O)O. The number of aliphatic hydroxyl groups excluding tert-OH is 2. The molecule has 0 fully saturated rings. The average Bonchev–Trinajstić information content (AvgIpc) is 3.26. The Bertz CT molecular complexity index is 1440. The number of rotatable bonds is 13. The number of carboxylic acids is 1. The van der Waals surface area contributed by atoms with Crippen molar-refractivity contribution in [3.05, 3.63) is 96.2 Å². The van der Waals surface area contributed by atoms with Gasteiger partial charge in [0.15, 0.2) is 0 Å². The Hall–Kier alpha value is -3.66. The highest BCUT2D eigenvalue weighted by Crippen LogP contribution is 2.47. The first-order valence-corrected chi connectivity index (χ1v) is 14.3. The highest BCUT2D eigenvalue weighted by atomic mass is 32.2. The van der Waals surface area contributed by atoms with Gasteiger partial charge in [0.1, 0.15) is 11.6 Å². The Balaban J connectivity index is 1.86. The number of halogens is 2. The Kier molecular flexibility index (Phi) is 10.2. The lowest BCUT2D eigenvalue weighted by molar-refractivity contribution is -0.139. The summed E-state index contributed by atoms with van der Waals surface area (Å²) in [5.41, 5.74) is 5.03. The molecule has 0 spiro atoms. The minimum Gasteiger partial charge on any atom is -0.481 e.